The predicted molar refractivity (Wildman–Crippen MR) is 220 cm³/mol. The minimum Gasteiger partial charge on any atom is -0.512 e. The van der Waals surface area contributed by atoms with E-state index in [0.717, 1.165) is 48.7 Å². The van der Waals surface area contributed by atoms with E-state index in [9.17, 15) is 9.90 Å². The smallest absolute Gasteiger partial charge is 0.162 e. The molecule has 52 heavy (non-hydrogen) atoms. The van der Waals surface area contributed by atoms with Gasteiger partial charge < -0.3 is 5.11 Å². The molecule has 0 amide bonds. The van der Waals surface area contributed by atoms with Gasteiger partial charge in [-0.25, -0.2) is 0 Å². The summed E-state index contributed by atoms with van der Waals surface area (Å²) in [6.45, 7) is 24.4. The number of thiophene rings is 1. The second-order valence-corrected chi connectivity index (χ2v) is 17.3. The summed E-state index contributed by atoms with van der Waals surface area (Å²) in [6.07, 6.45) is 8.02. The molecule has 0 spiro atoms. The average molecular weight is 893 g/mol. The monoisotopic (exact) mass is 893 g/mol. The maximum Gasteiger partial charge on any atom is 0.162 e. The first kappa shape index (κ1) is 41.6. The van der Waals surface area contributed by atoms with Crippen molar-refractivity contribution in [3.8, 4) is 21.7 Å². The Morgan fingerprint density at radius 2 is 1.56 bits per heavy atom. The summed E-state index contributed by atoms with van der Waals surface area (Å²) in [6, 6.07) is 23.8. The van der Waals surface area contributed by atoms with Gasteiger partial charge in [0.2, 0.25) is 0 Å². The van der Waals surface area contributed by atoms with Gasteiger partial charge in [0, 0.05) is 64.9 Å². The number of pyridine rings is 1. The van der Waals surface area contributed by atoms with Gasteiger partial charge in [-0.05, 0) is 77.1 Å². The van der Waals surface area contributed by atoms with E-state index < -0.39 is 0 Å². The Bertz CT molecular complexity index is 2050. The van der Waals surface area contributed by atoms with Crippen LogP contribution in [0.1, 0.15) is 124 Å². The molecule has 0 saturated heterocycles. The zero-order valence-corrected chi connectivity index (χ0v) is 36.4. The summed E-state index contributed by atoms with van der Waals surface area (Å²) in [5.41, 5.74) is 9.39. The van der Waals surface area contributed by atoms with Gasteiger partial charge in [-0.3, -0.25) is 9.78 Å². The van der Waals surface area contributed by atoms with Crippen LogP contribution in [0.5, 0.6) is 0 Å². The van der Waals surface area contributed by atoms with Crippen molar-refractivity contribution in [2.24, 2.45) is 17.8 Å². The number of hydrogen-bond acceptors (Lipinski definition) is 4. The molecular formula is C47H58IrNO2S-. The van der Waals surface area contributed by atoms with Gasteiger partial charge in [0.15, 0.2) is 5.78 Å². The number of carbonyl (C=O) groups is 1. The molecule has 0 saturated carbocycles. The van der Waals surface area contributed by atoms with Crippen molar-refractivity contribution >= 4 is 38.0 Å². The molecule has 0 bridgehead atoms. The molecule has 1 aliphatic rings. The van der Waals surface area contributed by atoms with Crippen LogP contribution in [0.15, 0.2) is 72.6 Å². The first-order chi connectivity index (χ1) is 24.2. The standard InChI is InChI=1S/C34H34NS.C13H24O2.Ir/c1-20(2)17-22-12-10-14-25-28(22)34(6,7)29-26-15-16-35-30(32(26)36-31(25)29)23-18-21-11-8-9-13-24(21)27(19-23)33(3,4)5;1-5-10(6-2)12(14)9-13(15)11(7-3)8-4;/h8-16,19-20H,17H2,1-7H3;9-11,14H,5-8H2,1-4H3;/q-1;;/b;12-9-;. The molecule has 5 heteroatoms. The van der Waals surface area contributed by atoms with Gasteiger partial charge in [-0.15, -0.1) is 40.5 Å². The molecule has 5 aromatic rings. The van der Waals surface area contributed by atoms with Crippen molar-refractivity contribution in [2.75, 3.05) is 0 Å². The normalized spacial score (nSPS) is 13.7. The molecule has 3 nitrogen and oxygen atoms in total. The average Bonchev–Trinajstić information content (AvgIpc) is 3.59. The molecule has 1 aliphatic carbocycles. The minimum atomic E-state index is -0.0311. The molecule has 1 N–H and O–H groups in total. The van der Waals surface area contributed by atoms with E-state index in [1.807, 2.05) is 45.2 Å². The molecule has 0 aliphatic heterocycles. The Kier molecular flexibility index (Phi) is 13.5. The number of aliphatic hydroxyl groups excluding tert-OH is 1. The molecule has 2 heterocycles. The number of benzene rings is 3. The molecule has 1 radical (unpaired) electrons. The SMILES string of the molecule is CC(C)Cc1cccc2c1C(C)(C)c1c-2sc2c(-c3[c-]c4ccccc4c(C(C)(C)C)c3)nccc12.CCC(CC)C(=O)/C=C(\O)C(CC)CC.[Ir]. The van der Waals surface area contributed by atoms with E-state index in [1.54, 1.807) is 0 Å². The van der Waals surface area contributed by atoms with Crippen molar-refractivity contribution in [2.45, 2.75) is 119 Å². The van der Waals surface area contributed by atoms with Gasteiger partial charge in [0.1, 0.15) is 0 Å². The van der Waals surface area contributed by atoms with E-state index in [0.29, 0.717) is 5.92 Å². The molecule has 0 atom stereocenters. The fourth-order valence-electron chi connectivity index (χ4n) is 8.05. The van der Waals surface area contributed by atoms with Gasteiger partial charge in [0.25, 0.3) is 0 Å². The van der Waals surface area contributed by atoms with Crippen LogP contribution >= 0.6 is 11.3 Å². The maximum absolute atomic E-state index is 11.7. The van der Waals surface area contributed by atoms with Crippen LogP contribution in [0.4, 0.5) is 0 Å². The van der Waals surface area contributed by atoms with E-state index in [2.05, 4.69) is 109 Å². The first-order valence-corrected chi connectivity index (χ1v) is 19.9. The second kappa shape index (κ2) is 16.9. The fraction of sp³-hybridized carbons (Fsp3) is 0.447. The number of aromatic nitrogens is 1. The number of nitrogens with zero attached hydrogens (tertiary/aromatic N) is 1. The van der Waals surface area contributed by atoms with Crippen LogP contribution in [0.3, 0.4) is 0 Å². The van der Waals surface area contributed by atoms with Crippen LogP contribution in [0.25, 0.3) is 42.6 Å². The number of aliphatic hydroxyl groups is 1. The van der Waals surface area contributed by atoms with Crippen molar-refractivity contribution in [3.63, 3.8) is 0 Å². The second-order valence-electron chi connectivity index (χ2n) is 16.3. The van der Waals surface area contributed by atoms with Crippen molar-refractivity contribution in [3.05, 3.63) is 101 Å². The number of hydrogen-bond donors (Lipinski definition) is 1. The minimum absolute atomic E-state index is 0. The number of allylic oxidation sites excluding steroid dienone is 2. The zero-order valence-electron chi connectivity index (χ0n) is 33.2. The Morgan fingerprint density at radius 3 is 2.17 bits per heavy atom. The summed E-state index contributed by atoms with van der Waals surface area (Å²) in [4.78, 5) is 18.1. The molecule has 3 aromatic carbocycles. The van der Waals surface area contributed by atoms with Crippen molar-refractivity contribution < 1.29 is 30.0 Å². The maximum atomic E-state index is 11.7. The Labute approximate surface area is 330 Å². The predicted octanol–water partition coefficient (Wildman–Crippen LogP) is 13.6. The molecule has 2 aromatic heterocycles. The van der Waals surface area contributed by atoms with E-state index >= 15 is 0 Å². The van der Waals surface area contributed by atoms with E-state index in [-0.39, 0.29) is 54.3 Å². The zero-order chi connectivity index (χ0) is 37.2. The third-order valence-electron chi connectivity index (χ3n) is 10.8. The summed E-state index contributed by atoms with van der Waals surface area (Å²) in [5, 5.41) is 13.5. The van der Waals surface area contributed by atoms with Gasteiger partial charge in [-0.1, -0.05) is 124 Å². The fourth-order valence-corrected chi connectivity index (χ4v) is 9.54. The molecule has 279 valence electrons. The molecule has 0 unspecified atom stereocenters. The summed E-state index contributed by atoms with van der Waals surface area (Å²) >= 11 is 1.92. The first-order valence-electron chi connectivity index (χ1n) is 19.1. The number of fused-ring (bicyclic) bond motifs is 6. The van der Waals surface area contributed by atoms with Crippen LogP contribution in [-0.4, -0.2) is 15.9 Å². The molecule has 6 rings (SSSR count). The topological polar surface area (TPSA) is 50.2 Å². The number of ketones is 1. The van der Waals surface area contributed by atoms with Crippen LogP contribution in [-0.2, 0) is 42.2 Å². The number of rotatable bonds is 10. The van der Waals surface area contributed by atoms with Crippen molar-refractivity contribution in [1.82, 2.24) is 4.98 Å². The quantitative estimate of drug-likeness (QED) is 0.0863. The third kappa shape index (κ3) is 8.18. The third-order valence-corrected chi connectivity index (χ3v) is 12.0. The van der Waals surface area contributed by atoms with Crippen molar-refractivity contribution in [1.29, 1.82) is 0 Å². The largest absolute Gasteiger partial charge is 0.512 e. The molecule has 0 fully saturated rings. The Hall–Kier alpha value is -3.11. The molecular weight excluding hydrogens is 835 g/mol. The van der Waals surface area contributed by atoms with E-state index in [4.69, 9.17) is 4.98 Å². The van der Waals surface area contributed by atoms with Gasteiger partial charge in [0.05, 0.1) is 5.76 Å². The van der Waals surface area contributed by atoms with E-state index in [1.165, 1.54) is 54.2 Å². The van der Waals surface area contributed by atoms with Crippen LogP contribution in [0.2, 0.25) is 0 Å². The van der Waals surface area contributed by atoms with Crippen LogP contribution in [0, 0.1) is 23.8 Å². The summed E-state index contributed by atoms with van der Waals surface area (Å²) in [5.74, 6) is 1.19. The van der Waals surface area contributed by atoms with Crippen LogP contribution < -0.4 is 0 Å². The number of carbonyl (C=O) groups excluding carboxylic acids is 1. The summed E-state index contributed by atoms with van der Waals surface area (Å²) < 4.78 is 1.28. The van der Waals surface area contributed by atoms with Gasteiger partial charge in [-0.2, -0.15) is 0 Å². The Balaban J connectivity index is 0.000000323. The van der Waals surface area contributed by atoms with Gasteiger partial charge >= 0.3 is 0 Å². The summed E-state index contributed by atoms with van der Waals surface area (Å²) in [7, 11) is 0. The Morgan fingerprint density at radius 1 is 0.904 bits per heavy atom.